The fourth-order valence-electron chi connectivity index (χ4n) is 2.59. The van der Waals surface area contributed by atoms with Crippen molar-refractivity contribution in [2.24, 2.45) is 0 Å². The Bertz CT molecular complexity index is 804. The zero-order chi connectivity index (χ0) is 22.2. The number of nitrogens with zero attached hydrogens (tertiary/aromatic N) is 4. The molecule has 0 aliphatic heterocycles. The van der Waals surface area contributed by atoms with Crippen molar-refractivity contribution in [1.29, 1.82) is 0 Å². The maximum atomic E-state index is 13.0. The van der Waals surface area contributed by atoms with Crippen LogP contribution >= 0.6 is 0 Å². The molecule has 1 radical (unpaired) electrons. The van der Waals surface area contributed by atoms with Crippen LogP contribution in [0, 0.1) is 26.4 Å². The zero-order valence-corrected chi connectivity index (χ0v) is 15.7. The summed E-state index contributed by atoms with van der Waals surface area (Å²) in [7, 11) is 0. The van der Waals surface area contributed by atoms with Gasteiger partial charge in [-0.15, -0.1) is 0 Å². The Kier molecular flexibility index (Phi) is 8.36. The SMILES string of the molecule is CCCN(CCC)c1c([N+](=O)[O-])cc(C(F)(F)F)c(N)c1[N+](=O)[O-].[c]1cc[nH]n1. The van der Waals surface area contributed by atoms with E-state index in [1.807, 2.05) is 0 Å². The van der Waals surface area contributed by atoms with E-state index in [0.29, 0.717) is 12.8 Å². The second-order valence-electron chi connectivity index (χ2n) is 5.76. The molecule has 1 aromatic heterocycles. The number of nitrogen functional groups attached to an aromatic ring is 1. The second kappa shape index (κ2) is 10.2. The molecule has 13 heteroatoms. The van der Waals surface area contributed by atoms with Gasteiger partial charge in [0.05, 0.1) is 15.4 Å². The third-order valence-electron chi connectivity index (χ3n) is 3.64. The van der Waals surface area contributed by atoms with Gasteiger partial charge in [-0.2, -0.15) is 18.3 Å². The van der Waals surface area contributed by atoms with Gasteiger partial charge in [-0.25, -0.2) is 0 Å². The highest BCUT2D eigenvalue weighted by molar-refractivity contribution is 5.86. The molecule has 0 unspecified atom stereocenters. The van der Waals surface area contributed by atoms with Crippen LogP contribution in [0.15, 0.2) is 18.3 Å². The van der Waals surface area contributed by atoms with Crippen LogP contribution in [0.25, 0.3) is 0 Å². The number of hydrogen-bond donors (Lipinski definition) is 2. The van der Waals surface area contributed by atoms with Crippen LogP contribution in [0.4, 0.5) is 35.9 Å². The predicted molar refractivity (Wildman–Crippen MR) is 99.4 cm³/mol. The smallest absolute Gasteiger partial charge is 0.393 e. The normalized spacial score (nSPS) is 10.8. The highest BCUT2D eigenvalue weighted by atomic mass is 19.4. The number of hydrogen-bond acceptors (Lipinski definition) is 7. The maximum Gasteiger partial charge on any atom is 0.418 e. The van der Waals surface area contributed by atoms with Gasteiger partial charge in [0.2, 0.25) is 0 Å². The molecule has 2 aromatic rings. The molecule has 10 nitrogen and oxygen atoms in total. The van der Waals surface area contributed by atoms with Gasteiger partial charge in [0.15, 0.2) is 5.69 Å². The highest BCUT2D eigenvalue weighted by Gasteiger charge is 2.42. The van der Waals surface area contributed by atoms with Crippen molar-refractivity contribution in [3.05, 3.63) is 50.3 Å². The summed E-state index contributed by atoms with van der Waals surface area (Å²) in [6, 6.07) is 1.97. The molecule has 0 spiro atoms. The van der Waals surface area contributed by atoms with Crippen LogP contribution in [-0.2, 0) is 6.18 Å². The van der Waals surface area contributed by atoms with Gasteiger partial charge in [-0.1, -0.05) is 13.8 Å². The van der Waals surface area contributed by atoms with Gasteiger partial charge in [0.1, 0.15) is 11.9 Å². The zero-order valence-electron chi connectivity index (χ0n) is 15.7. The van der Waals surface area contributed by atoms with E-state index in [1.54, 1.807) is 26.1 Å². The maximum absolute atomic E-state index is 13.0. The number of nitro groups is 2. The van der Waals surface area contributed by atoms with Crippen LogP contribution in [0.1, 0.15) is 32.3 Å². The van der Waals surface area contributed by atoms with E-state index < -0.39 is 44.3 Å². The molecular weight excluding hydrogens is 397 g/mol. The fraction of sp³-hybridized carbons (Fsp3) is 0.438. The largest absolute Gasteiger partial charge is 0.418 e. The van der Waals surface area contributed by atoms with Crippen molar-refractivity contribution in [3.63, 3.8) is 0 Å². The Hall–Kier alpha value is -3.38. The van der Waals surface area contributed by atoms with E-state index in [1.165, 1.54) is 4.90 Å². The lowest BCUT2D eigenvalue weighted by Gasteiger charge is -2.24. The number of benzene rings is 1. The van der Waals surface area contributed by atoms with Crippen molar-refractivity contribution in [2.75, 3.05) is 23.7 Å². The predicted octanol–water partition coefficient (Wildman–Crippen LogP) is 3.94. The number of aromatic amines is 1. The van der Waals surface area contributed by atoms with E-state index >= 15 is 0 Å². The van der Waals surface area contributed by atoms with Gasteiger partial charge >= 0.3 is 11.9 Å². The van der Waals surface area contributed by atoms with E-state index in [2.05, 4.69) is 16.4 Å². The summed E-state index contributed by atoms with van der Waals surface area (Å²) < 4.78 is 39.1. The molecule has 3 N–H and O–H groups in total. The van der Waals surface area contributed by atoms with Crippen LogP contribution in [0.3, 0.4) is 0 Å². The van der Waals surface area contributed by atoms with Crippen molar-refractivity contribution in [3.8, 4) is 0 Å². The number of nitrogens with one attached hydrogen (secondary N) is 1. The molecule has 0 aliphatic carbocycles. The number of H-pyrrole nitrogens is 1. The minimum atomic E-state index is -5.04. The molecule has 159 valence electrons. The first-order valence-electron chi connectivity index (χ1n) is 8.49. The summed E-state index contributed by atoms with van der Waals surface area (Å²) in [5.74, 6) is 0. The number of nitrogens with two attached hydrogens (primary N) is 1. The molecule has 0 saturated heterocycles. The number of nitro benzene ring substituents is 2. The Morgan fingerprint density at radius 2 is 1.79 bits per heavy atom. The van der Waals surface area contributed by atoms with E-state index in [0.717, 1.165) is 0 Å². The quantitative estimate of drug-likeness (QED) is 0.394. The minimum absolute atomic E-state index is 0.209. The van der Waals surface area contributed by atoms with Crippen LogP contribution in [-0.4, -0.2) is 33.1 Å². The summed E-state index contributed by atoms with van der Waals surface area (Å²) in [5, 5.41) is 28.6. The summed E-state index contributed by atoms with van der Waals surface area (Å²) in [4.78, 5) is 21.7. The minimum Gasteiger partial charge on any atom is -0.393 e. The third-order valence-corrected chi connectivity index (χ3v) is 3.64. The first-order valence-corrected chi connectivity index (χ1v) is 8.49. The Labute approximate surface area is 163 Å². The lowest BCUT2D eigenvalue weighted by molar-refractivity contribution is -0.392. The molecule has 2 rings (SSSR count). The number of anilines is 2. The van der Waals surface area contributed by atoms with Gasteiger partial charge in [-0.3, -0.25) is 25.3 Å². The molecule has 0 aliphatic rings. The fourth-order valence-corrected chi connectivity index (χ4v) is 2.59. The summed E-state index contributed by atoms with van der Waals surface area (Å²) in [6.45, 7) is 3.90. The average molecular weight is 417 g/mol. The van der Waals surface area contributed by atoms with E-state index in [4.69, 9.17) is 5.73 Å². The number of rotatable bonds is 7. The lowest BCUT2D eigenvalue weighted by atomic mass is 10.1. The molecular formula is C16H20F3N6O4. The highest BCUT2D eigenvalue weighted by Crippen LogP contribution is 2.48. The van der Waals surface area contributed by atoms with Crippen molar-refractivity contribution in [1.82, 2.24) is 10.2 Å². The lowest BCUT2D eigenvalue weighted by Crippen LogP contribution is -2.27. The van der Waals surface area contributed by atoms with E-state index in [9.17, 15) is 33.4 Å². The number of halogens is 3. The molecule has 0 atom stereocenters. The molecule has 0 saturated carbocycles. The van der Waals surface area contributed by atoms with Gasteiger partial charge < -0.3 is 10.6 Å². The molecule has 0 bridgehead atoms. The second-order valence-corrected chi connectivity index (χ2v) is 5.76. The number of alkyl halides is 3. The van der Waals surface area contributed by atoms with Crippen LogP contribution < -0.4 is 10.6 Å². The summed E-state index contributed by atoms with van der Waals surface area (Å²) >= 11 is 0. The monoisotopic (exact) mass is 417 g/mol. The Balaban J connectivity index is 0.000000726. The van der Waals surface area contributed by atoms with E-state index in [-0.39, 0.29) is 19.2 Å². The van der Waals surface area contributed by atoms with Crippen LogP contribution in [0.5, 0.6) is 0 Å². The third kappa shape index (κ3) is 6.05. The first kappa shape index (κ1) is 23.7. The molecule has 1 aromatic carbocycles. The molecule has 1 heterocycles. The molecule has 29 heavy (non-hydrogen) atoms. The van der Waals surface area contributed by atoms with Gasteiger partial charge in [0.25, 0.3) is 5.69 Å². The standard InChI is InChI=1S/C13H17F3N4O4.C3H3N2/c1-3-5-18(6-4-2)11-9(19(21)22)7-8(13(14,15)16)10(17)12(11)20(23)24;1-2-4-5-3-1/h7H,3-6,17H2,1-2H3;1-2H,(H,4,5). The first-order chi connectivity index (χ1) is 13.6. The van der Waals surface area contributed by atoms with Gasteiger partial charge in [0, 0.05) is 25.4 Å². The Morgan fingerprint density at radius 1 is 1.21 bits per heavy atom. The molecule has 0 amide bonds. The van der Waals surface area contributed by atoms with Crippen molar-refractivity contribution in [2.45, 2.75) is 32.9 Å². The van der Waals surface area contributed by atoms with Gasteiger partial charge in [-0.05, 0) is 18.9 Å². The van der Waals surface area contributed by atoms with Crippen molar-refractivity contribution < 1.29 is 23.0 Å². The number of aromatic nitrogens is 2. The van der Waals surface area contributed by atoms with Crippen molar-refractivity contribution >= 4 is 22.7 Å². The van der Waals surface area contributed by atoms with Crippen LogP contribution in [0.2, 0.25) is 0 Å². The topological polar surface area (TPSA) is 144 Å². The molecule has 0 fully saturated rings. The summed E-state index contributed by atoms with van der Waals surface area (Å²) in [6.07, 6.45) is 0.211. The Morgan fingerprint density at radius 3 is 2.10 bits per heavy atom. The average Bonchev–Trinajstić information content (AvgIpc) is 3.19. The summed E-state index contributed by atoms with van der Waals surface area (Å²) in [5.41, 5.74) is 0.101.